The lowest BCUT2D eigenvalue weighted by molar-refractivity contribution is 0.346. The maximum atomic E-state index is 8.57. The number of carbonyl (C=O) groups is 1. The van der Waals surface area contributed by atoms with Gasteiger partial charge in [0, 0.05) is 0 Å². The molecule has 0 amide bonds. The summed E-state index contributed by atoms with van der Waals surface area (Å²) in [6.07, 6.45) is 4.46. The van der Waals surface area contributed by atoms with Crippen molar-refractivity contribution < 1.29 is 4.79 Å². The van der Waals surface area contributed by atoms with Crippen LogP contribution in [0.5, 0.6) is 0 Å². The SMILES string of the molecule is CC1CCC1.O=CCl. The van der Waals surface area contributed by atoms with Crippen molar-refractivity contribution in [3.8, 4) is 0 Å². The van der Waals surface area contributed by atoms with Gasteiger partial charge in [-0.1, -0.05) is 26.2 Å². The highest BCUT2D eigenvalue weighted by molar-refractivity contribution is 6.54. The smallest absolute Gasteiger partial charge is 0.208 e. The van der Waals surface area contributed by atoms with Crippen molar-refractivity contribution in [2.45, 2.75) is 26.2 Å². The van der Waals surface area contributed by atoms with Gasteiger partial charge in [0.05, 0.1) is 0 Å². The van der Waals surface area contributed by atoms with Gasteiger partial charge in [-0.3, -0.25) is 4.79 Å². The molecule has 1 aliphatic carbocycles. The Labute approximate surface area is 55.0 Å². The molecule has 48 valence electrons. The molecule has 0 unspecified atom stereocenters. The molecule has 0 saturated heterocycles. The highest BCUT2D eigenvalue weighted by Gasteiger charge is 2.09. The standard InChI is InChI=1S/C5H10.CHClO/c1-5-3-2-4-5;2-1-3/h5H,2-4H2,1H3;1H. The van der Waals surface area contributed by atoms with Crippen LogP contribution in [0.2, 0.25) is 0 Å². The van der Waals surface area contributed by atoms with Gasteiger partial charge in [-0.2, -0.15) is 0 Å². The molecule has 0 heterocycles. The van der Waals surface area contributed by atoms with Gasteiger partial charge in [-0.25, -0.2) is 0 Å². The van der Waals surface area contributed by atoms with E-state index in [0.29, 0.717) is 0 Å². The minimum atomic E-state index is 0.222. The lowest BCUT2D eigenvalue weighted by Crippen LogP contribution is -2.04. The van der Waals surface area contributed by atoms with E-state index < -0.39 is 0 Å². The first kappa shape index (κ1) is 7.96. The van der Waals surface area contributed by atoms with Crippen molar-refractivity contribution in [2.24, 2.45) is 5.92 Å². The Morgan fingerprint density at radius 2 is 1.88 bits per heavy atom. The quantitative estimate of drug-likeness (QED) is 0.367. The molecule has 1 rings (SSSR count). The third-order valence-electron chi connectivity index (χ3n) is 1.39. The third kappa shape index (κ3) is 4.13. The van der Waals surface area contributed by atoms with E-state index in [-0.39, 0.29) is 5.75 Å². The monoisotopic (exact) mass is 134 g/mol. The van der Waals surface area contributed by atoms with Crippen LogP contribution in [0.25, 0.3) is 0 Å². The van der Waals surface area contributed by atoms with Gasteiger partial charge in [0.1, 0.15) is 0 Å². The van der Waals surface area contributed by atoms with Crippen molar-refractivity contribution in [2.75, 3.05) is 0 Å². The van der Waals surface area contributed by atoms with E-state index in [0.717, 1.165) is 5.92 Å². The van der Waals surface area contributed by atoms with E-state index in [1.54, 1.807) is 0 Å². The van der Waals surface area contributed by atoms with E-state index >= 15 is 0 Å². The number of halogens is 1. The summed E-state index contributed by atoms with van der Waals surface area (Å²) in [5.41, 5.74) is 0. The molecule has 0 radical (unpaired) electrons. The molecule has 8 heavy (non-hydrogen) atoms. The van der Waals surface area contributed by atoms with Crippen molar-refractivity contribution in [1.29, 1.82) is 0 Å². The fourth-order valence-corrected chi connectivity index (χ4v) is 0.612. The number of carbonyl (C=O) groups excluding carboxylic acids is 1. The van der Waals surface area contributed by atoms with Crippen molar-refractivity contribution in [3.63, 3.8) is 0 Å². The predicted octanol–water partition coefficient (Wildman–Crippen LogP) is 2.22. The van der Waals surface area contributed by atoms with Gasteiger partial charge in [0.2, 0.25) is 5.75 Å². The molecule has 0 aromatic rings. The van der Waals surface area contributed by atoms with E-state index in [4.69, 9.17) is 4.79 Å². The van der Waals surface area contributed by atoms with Gasteiger partial charge in [-0.05, 0) is 17.5 Å². The van der Waals surface area contributed by atoms with Crippen LogP contribution in [0.4, 0.5) is 0 Å². The zero-order valence-electron chi connectivity index (χ0n) is 5.06. The zero-order valence-corrected chi connectivity index (χ0v) is 5.82. The Hall–Kier alpha value is -0.0400. The highest BCUT2D eigenvalue weighted by atomic mass is 35.5. The first-order valence-corrected chi connectivity index (χ1v) is 3.28. The summed E-state index contributed by atoms with van der Waals surface area (Å²) in [6, 6.07) is 0. The van der Waals surface area contributed by atoms with Crippen molar-refractivity contribution in [1.82, 2.24) is 0 Å². The van der Waals surface area contributed by atoms with Gasteiger partial charge in [0.25, 0.3) is 0 Å². The molecule has 1 aliphatic rings. The van der Waals surface area contributed by atoms with Gasteiger partial charge >= 0.3 is 0 Å². The molecule has 2 heteroatoms. The number of rotatable bonds is 0. The third-order valence-corrected chi connectivity index (χ3v) is 1.39. The first-order valence-electron chi connectivity index (χ1n) is 2.85. The molecule has 0 aliphatic heterocycles. The van der Waals surface area contributed by atoms with Crippen LogP contribution in [0.3, 0.4) is 0 Å². The number of hydrogen-bond donors (Lipinski definition) is 0. The predicted molar refractivity (Wildman–Crippen MR) is 35.6 cm³/mol. The Balaban J connectivity index is 0.000000145. The van der Waals surface area contributed by atoms with Gasteiger partial charge in [-0.15, -0.1) is 0 Å². The van der Waals surface area contributed by atoms with E-state index in [2.05, 4.69) is 18.5 Å². The second-order valence-corrected chi connectivity index (χ2v) is 2.30. The van der Waals surface area contributed by atoms with E-state index in [1.165, 1.54) is 19.3 Å². The fraction of sp³-hybridized carbons (Fsp3) is 0.833. The Morgan fingerprint density at radius 1 is 1.62 bits per heavy atom. The summed E-state index contributed by atoms with van der Waals surface area (Å²) in [5.74, 6) is 1.29. The second kappa shape index (κ2) is 5.10. The lowest BCUT2D eigenvalue weighted by Gasteiger charge is -2.18. The van der Waals surface area contributed by atoms with Crippen LogP contribution in [0, 0.1) is 5.92 Å². The van der Waals surface area contributed by atoms with E-state index in [1.807, 2.05) is 0 Å². The first-order chi connectivity index (χ1) is 3.81. The molecular weight excluding hydrogens is 124 g/mol. The normalized spacial score (nSPS) is 17.8. The van der Waals surface area contributed by atoms with Gasteiger partial charge < -0.3 is 0 Å². The molecule has 0 spiro atoms. The minimum Gasteiger partial charge on any atom is -0.285 e. The van der Waals surface area contributed by atoms with Crippen LogP contribution >= 0.6 is 11.6 Å². The summed E-state index contributed by atoms with van der Waals surface area (Å²) >= 11 is 4.32. The Morgan fingerprint density at radius 3 is 1.88 bits per heavy atom. The molecule has 1 fully saturated rings. The summed E-state index contributed by atoms with van der Waals surface area (Å²) in [6.45, 7) is 2.31. The van der Waals surface area contributed by atoms with Crippen LogP contribution < -0.4 is 0 Å². The zero-order chi connectivity index (χ0) is 6.41. The van der Waals surface area contributed by atoms with Crippen molar-refractivity contribution in [3.05, 3.63) is 0 Å². The van der Waals surface area contributed by atoms with Crippen molar-refractivity contribution >= 4 is 17.3 Å². The minimum absolute atomic E-state index is 0.222. The van der Waals surface area contributed by atoms with E-state index in [9.17, 15) is 0 Å². The average Bonchev–Trinajstić information content (AvgIpc) is 1.64. The molecule has 0 bridgehead atoms. The highest BCUT2D eigenvalue weighted by Crippen LogP contribution is 2.24. The van der Waals surface area contributed by atoms with Crippen LogP contribution in [0.1, 0.15) is 26.2 Å². The number of hydrogen-bond acceptors (Lipinski definition) is 1. The van der Waals surface area contributed by atoms with Crippen LogP contribution in [0.15, 0.2) is 0 Å². The molecule has 0 aromatic heterocycles. The summed E-state index contributed by atoms with van der Waals surface area (Å²) in [4.78, 5) is 8.57. The molecule has 0 N–H and O–H groups in total. The van der Waals surface area contributed by atoms with Gasteiger partial charge in [0.15, 0.2) is 0 Å². The summed E-state index contributed by atoms with van der Waals surface area (Å²) in [5, 5.41) is 0. The second-order valence-electron chi connectivity index (χ2n) is 2.13. The Bertz CT molecular complexity index is 59.5. The summed E-state index contributed by atoms with van der Waals surface area (Å²) in [7, 11) is 0. The largest absolute Gasteiger partial charge is 0.285 e. The maximum absolute atomic E-state index is 8.57. The molecule has 0 atom stereocenters. The average molecular weight is 135 g/mol. The molecular formula is C6H11ClO. The topological polar surface area (TPSA) is 17.1 Å². The molecule has 1 saturated carbocycles. The van der Waals surface area contributed by atoms with Crippen LogP contribution in [-0.2, 0) is 4.79 Å². The fourth-order valence-electron chi connectivity index (χ4n) is 0.612. The molecule has 1 nitrogen and oxygen atoms in total. The summed E-state index contributed by atoms with van der Waals surface area (Å²) < 4.78 is 0. The molecule has 0 aromatic carbocycles. The maximum Gasteiger partial charge on any atom is 0.208 e. The van der Waals surface area contributed by atoms with Crippen LogP contribution in [-0.4, -0.2) is 5.75 Å². The Kier molecular flexibility index (Phi) is 5.08. The lowest BCUT2D eigenvalue weighted by atomic mass is 9.88.